The Hall–Kier alpha value is -1.42. The number of hydrogen-bond acceptors (Lipinski definition) is 2. The zero-order chi connectivity index (χ0) is 14.6. The van der Waals surface area contributed by atoms with Gasteiger partial charge in [-0.05, 0) is 23.1 Å². The minimum atomic E-state index is -0.287. The van der Waals surface area contributed by atoms with Crippen LogP contribution < -0.4 is 5.73 Å². The molecule has 4 heteroatoms. The van der Waals surface area contributed by atoms with Gasteiger partial charge in [0.25, 0.3) is 0 Å². The largest absolute Gasteiger partial charge is 0.341 e. The van der Waals surface area contributed by atoms with Crippen LogP contribution in [0.15, 0.2) is 24.3 Å². The molecule has 0 radical (unpaired) electrons. The second-order valence-corrected chi connectivity index (χ2v) is 6.06. The lowest BCUT2D eigenvalue weighted by molar-refractivity contribution is -0.131. The number of carbonyl (C=O) groups excluding carboxylic acids is 1. The van der Waals surface area contributed by atoms with E-state index < -0.39 is 0 Å². The van der Waals surface area contributed by atoms with Gasteiger partial charge in [0.05, 0.1) is 0 Å². The Morgan fingerprint density at radius 3 is 2.58 bits per heavy atom. The summed E-state index contributed by atoms with van der Waals surface area (Å²) in [6, 6.07) is 6.09. The predicted molar refractivity (Wildman–Crippen MR) is 74.9 cm³/mol. The molecule has 19 heavy (non-hydrogen) atoms. The Morgan fingerprint density at radius 2 is 2.05 bits per heavy atom. The van der Waals surface area contributed by atoms with Gasteiger partial charge in [-0.2, -0.15) is 0 Å². The maximum absolute atomic E-state index is 13.1. The van der Waals surface area contributed by atoms with Crippen LogP contribution >= 0.6 is 0 Å². The number of nitrogens with zero attached hydrogens (tertiary/aromatic N) is 1. The first-order valence-corrected chi connectivity index (χ1v) is 6.44. The molecule has 106 valence electrons. The van der Waals surface area contributed by atoms with Crippen molar-refractivity contribution < 1.29 is 9.18 Å². The normalized spacial score (nSPS) is 13.2. The Kier molecular flexibility index (Phi) is 5.06. The molecule has 1 aromatic rings. The molecular weight excluding hydrogens is 243 g/mol. The number of benzene rings is 1. The number of halogens is 1. The van der Waals surface area contributed by atoms with Crippen LogP contribution in [0.2, 0.25) is 0 Å². The molecule has 0 aliphatic heterocycles. The third kappa shape index (κ3) is 4.99. The minimum Gasteiger partial charge on any atom is -0.341 e. The van der Waals surface area contributed by atoms with E-state index in [4.69, 9.17) is 5.73 Å². The molecule has 0 bridgehead atoms. The summed E-state index contributed by atoms with van der Waals surface area (Å²) in [5.74, 6) is -0.309. The monoisotopic (exact) mass is 266 g/mol. The molecule has 0 aromatic heterocycles. The second kappa shape index (κ2) is 6.15. The van der Waals surface area contributed by atoms with Gasteiger partial charge in [0.2, 0.25) is 5.91 Å². The van der Waals surface area contributed by atoms with Crippen molar-refractivity contribution >= 4 is 5.91 Å². The van der Waals surface area contributed by atoms with Crippen molar-refractivity contribution in [2.75, 3.05) is 7.05 Å². The van der Waals surface area contributed by atoms with E-state index in [2.05, 4.69) is 0 Å². The Bertz CT molecular complexity index is 440. The molecule has 0 saturated carbocycles. The fraction of sp³-hybridized carbons (Fsp3) is 0.533. The van der Waals surface area contributed by atoms with Crippen LogP contribution in [0.3, 0.4) is 0 Å². The maximum Gasteiger partial charge on any atom is 0.224 e. The van der Waals surface area contributed by atoms with Gasteiger partial charge in [0.1, 0.15) is 5.82 Å². The molecule has 0 aliphatic rings. The smallest absolute Gasteiger partial charge is 0.224 e. The van der Waals surface area contributed by atoms with E-state index in [1.54, 1.807) is 24.1 Å². The van der Waals surface area contributed by atoms with Crippen LogP contribution in [0.1, 0.15) is 32.8 Å². The highest BCUT2D eigenvalue weighted by Gasteiger charge is 2.24. The number of amides is 1. The van der Waals surface area contributed by atoms with Gasteiger partial charge < -0.3 is 10.6 Å². The average molecular weight is 266 g/mol. The summed E-state index contributed by atoms with van der Waals surface area (Å²) >= 11 is 0. The molecule has 0 fully saturated rings. The molecule has 0 spiro atoms. The van der Waals surface area contributed by atoms with Gasteiger partial charge in [-0.3, -0.25) is 4.79 Å². The lowest BCUT2D eigenvalue weighted by atomic mass is 9.85. The van der Waals surface area contributed by atoms with Crippen LogP contribution in [-0.4, -0.2) is 23.9 Å². The fourth-order valence-electron chi connectivity index (χ4n) is 1.65. The molecule has 1 rings (SSSR count). The maximum atomic E-state index is 13.1. The number of rotatable bonds is 4. The van der Waals surface area contributed by atoms with E-state index in [9.17, 15) is 9.18 Å². The first kappa shape index (κ1) is 15.6. The van der Waals surface area contributed by atoms with Crippen molar-refractivity contribution in [1.82, 2.24) is 4.90 Å². The molecule has 1 unspecified atom stereocenters. The summed E-state index contributed by atoms with van der Waals surface area (Å²) in [6.07, 6.45) is 0.301. The van der Waals surface area contributed by atoms with E-state index in [0.717, 1.165) is 5.56 Å². The van der Waals surface area contributed by atoms with Crippen molar-refractivity contribution in [2.24, 2.45) is 11.1 Å². The first-order chi connectivity index (χ1) is 8.70. The minimum absolute atomic E-state index is 0.0216. The van der Waals surface area contributed by atoms with Crippen LogP contribution in [-0.2, 0) is 11.3 Å². The van der Waals surface area contributed by atoms with Gasteiger partial charge >= 0.3 is 0 Å². The standard InChI is InChI=1S/C15H23FN2O/c1-15(2,3)13(17)9-14(19)18(4)10-11-6-5-7-12(16)8-11/h5-8,13H,9-10,17H2,1-4H3. The Labute approximate surface area is 114 Å². The topological polar surface area (TPSA) is 46.3 Å². The Morgan fingerprint density at radius 1 is 1.42 bits per heavy atom. The van der Waals surface area contributed by atoms with E-state index in [1.165, 1.54) is 12.1 Å². The van der Waals surface area contributed by atoms with E-state index >= 15 is 0 Å². The van der Waals surface area contributed by atoms with Crippen LogP contribution in [0.25, 0.3) is 0 Å². The Balaban J connectivity index is 2.58. The summed E-state index contributed by atoms with van der Waals surface area (Å²) in [5.41, 5.74) is 6.68. The molecule has 0 heterocycles. The lowest BCUT2D eigenvalue weighted by Crippen LogP contribution is -2.40. The molecule has 1 amide bonds. The highest BCUT2D eigenvalue weighted by molar-refractivity contribution is 5.76. The third-order valence-corrected chi connectivity index (χ3v) is 3.24. The molecule has 0 saturated heterocycles. The molecular formula is C15H23FN2O. The third-order valence-electron chi connectivity index (χ3n) is 3.24. The summed E-state index contributed by atoms with van der Waals surface area (Å²) < 4.78 is 13.1. The quantitative estimate of drug-likeness (QED) is 0.910. The predicted octanol–water partition coefficient (Wildman–Crippen LogP) is 2.55. The number of carbonyl (C=O) groups is 1. The highest BCUT2D eigenvalue weighted by Crippen LogP contribution is 2.20. The molecule has 0 aliphatic carbocycles. The van der Waals surface area contributed by atoms with Crippen LogP contribution in [0, 0.1) is 11.2 Å². The second-order valence-electron chi connectivity index (χ2n) is 6.06. The first-order valence-electron chi connectivity index (χ1n) is 6.44. The summed E-state index contributed by atoms with van der Waals surface area (Å²) in [5, 5.41) is 0. The van der Waals surface area contributed by atoms with Crippen molar-refractivity contribution in [3.05, 3.63) is 35.6 Å². The van der Waals surface area contributed by atoms with Crippen LogP contribution in [0.4, 0.5) is 4.39 Å². The van der Waals surface area contributed by atoms with Crippen LogP contribution in [0.5, 0.6) is 0 Å². The average Bonchev–Trinajstić information content (AvgIpc) is 2.27. The van der Waals surface area contributed by atoms with Crippen molar-refractivity contribution in [2.45, 2.75) is 39.8 Å². The highest BCUT2D eigenvalue weighted by atomic mass is 19.1. The summed E-state index contributed by atoms with van der Waals surface area (Å²) in [6.45, 7) is 6.43. The van der Waals surface area contributed by atoms with Gasteiger partial charge in [-0.25, -0.2) is 4.39 Å². The van der Waals surface area contributed by atoms with Gasteiger partial charge in [-0.15, -0.1) is 0 Å². The molecule has 2 N–H and O–H groups in total. The number of nitrogens with two attached hydrogens (primary N) is 1. The van der Waals surface area contributed by atoms with Crippen molar-refractivity contribution in [3.8, 4) is 0 Å². The fourth-order valence-corrected chi connectivity index (χ4v) is 1.65. The van der Waals surface area contributed by atoms with E-state index in [1.807, 2.05) is 20.8 Å². The zero-order valence-corrected chi connectivity index (χ0v) is 12.1. The zero-order valence-electron chi connectivity index (χ0n) is 12.1. The molecule has 1 aromatic carbocycles. The van der Waals surface area contributed by atoms with Gasteiger partial charge in [0.15, 0.2) is 0 Å². The van der Waals surface area contributed by atoms with E-state index in [-0.39, 0.29) is 23.2 Å². The van der Waals surface area contributed by atoms with Crippen molar-refractivity contribution in [3.63, 3.8) is 0 Å². The van der Waals surface area contributed by atoms with Crippen molar-refractivity contribution in [1.29, 1.82) is 0 Å². The molecule has 3 nitrogen and oxygen atoms in total. The van der Waals surface area contributed by atoms with Gasteiger partial charge in [0, 0.05) is 26.1 Å². The molecule has 1 atom stereocenters. The van der Waals surface area contributed by atoms with Gasteiger partial charge in [-0.1, -0.05) is 32.9 Å². The van der Waals surface area contributed by atoms with E-state index in [0.29, 0.717) is 13.0 Å². The number of hydrogen-bond donors (Lipinski definition) is 1. The summed E-state index contributed by atoms with van der Waals surface area (Å²) in [7, 11) is 1.71. The SMILES string of the molecule is CN(Cc1cccc(F)c1)C(=O)CC(N)C(C)(C)C. The summed E-state index contributed by atoms with van der Waals surface area (Å²) in [4.78, 5) is 13.6. The lowest BCUT2D eigenvalue weighted by Gasteiger charge is -2.28.